The Hall–Kier alpha value is -1.89. The Morgan fingerprint density at radius 1 is 0.879 bits per heavy atom. The van der Waals surface area contributed by atoms with Crippen LogP contribution in [0.3, 0.4) is 0 Å². The summed E-state index contributed by atoms with van der Waals surface area (Å²) in [6.07, 6.45) is 15.3. The van der Waals surface area contributed by atoms with E-state index in [-0.39, 0.29) is 18.5 Å². The number of ether oxygens (including phenoxy) is 1. The number of nitrogens with one attached hydrogen (secondary N) is 1. The molecular formula is C26H39NO5S. The van der Waals surface area contributed by atoms with E-state index in [2.05, 4.69) is 5.32 Å². The molecule has 1 aromatic rings. The first kappa shape index (κ1) is 25.7. The predicted octanol–water partition coefficient (Wildman–Crippen LogP) is 6.36. The number of aliphatic carboxylic acids is 1. The molecular weight excluding hydrogens is 438 g/mol. The van der Waals surface area contributed by atoms with Crippen molar-refractivity contribution in [2.45, 2.75) is 103 Å². The number of anilines is 1. The Balaban J connectivity index is 1.88. The zero-order chi connectivity index (χ0) is 23.6. The molecule has 1 aromatic heterocycles. The van der Waals surface area contributed by atoms with Crippen LogP contribution in [0.2, 0.25) is 0 Å². The van der Waals surface area contributed by atoms with Gasteiger partial charge in [0.1, 0.15) is 5.00 Å². The minimum absolute atomic E-state index is 0.276. The van der Waals surface area contributed by atoms with Gasteiger partial charge in [-0.1, -0.05) is 57.8 Å². The molecule has 2 unspecified atom stereocenters. The fourth-order valence-electron chi connectivity index (χ4n) is 5.26. The van der Waals surface area contributed by atoms with Crippen molar-refractivity contribution in [1.29, 1.82) is 0 Å². The molecule has 1 fully saturated rings. The highest BCUT2D eigenvalue weighted by molar-refractivity contribution is 7.17. The Morgan fingerprint density at radius 2 is 1.45 bits per heavy atom. The first-order chi connectivity index (χ1) is 16.0. The minimum Gasteiger partial charge on any atom is -0.481 e. The molecule has 2 atom stereocenters. The van der Waals surface area contributed by atoms with Crippen molar-refractivity contribution in [3.05, 3.63) is 16.0 Å². The van der Waals surface area contributed by atoms with Crippen molar-refractivity contribution in [1.82, 2.24) is 0 Å². The summed E-state index contributed by atoms with van der Waals surface area (Å²) in [6.45, 7) is 2.07. The monoisotopic (exact) mass is 477 g/mol. The summed E-state index contributed by atoms with van der Waals surface area (Å²) < 4.78 is 5.39. The molecule has 7 heteroatoms. The highest BCUT2D eigenvalue weighted by atomic mass is 32.1. The van der Waals surface area contributed by atoms with Crippen LogP contribution in [0.5, 0.6) is 0 Å². The lowest BCUT2D eigenvalue weighted by molar-refractivity contribution is -0.147. The number of thiophene rings is 1. The van der Waals surface area contributed by atoms with E-state index in [4.69, 9.17) is 4.74 Å². The van der Waals surface area contributed by atoms with E-state index in [1.165, 1.54) is 54.7 Å². The third kappa shape index (κ3) is 7.05. The summed E-state index contributed by atoms with van der Waals surface area (Å²) in [4.78, 5) is 39.1. The molecule has 33 heavy (non-hydrogen) atoms. The average molecular weight is 478 g/mol. The van der Waals surface area contributed by atoms with Crippen LogP contribution in [0.25, 0.3) is 0 Å². The normalized spacial score (nSPS) is 22.7. The number of rotatable bonds is 5. The molecule has 3 rings (SSSR count). The van der Waals surface area contributed by atoms with E-state index >= 15 is 0 Å². The number of esters is 1. The molecule has 0 saturated heterocycles. The molecule has 2 aliphatic carbocycles. The number of carboxylic acids is 1. The number of amides is 1. The van der Waals surface area contributed by atoms with Gasteiger partial charge in [-0.05, 0) is 51.0 Å². The molecule has 1 amide bonds. The number of hydrogen-bond donors (Lipinski definition) is 2. The van der Waals surface area contributed by atoms with Gasteiger partial charge < -0.3 is 15.2 Å². The van der Waals surface area contributed by atoms with E-state index in [0.29, 0.717) is 23.4 Å². The summed E-state index contributed by atoms with van der Waals surface area (Å²) in [7, 11) is 0. The zero-order valence-corrected chi connectivity index (χ0v) is 20.8. The molecule has 1 heterocycles. The second-order valence-electron chi connectivity index (χ2n) is 9.44. The zero-order valence-electron chi connectivity index (χ0n) is 20.0. The topological polar surface area (TPSA) is 92.7 Å². The van der Waals surface area contributed by atoms with E-state index in [0.717, 1.165) is 50.5 Å². The first-order valence-electron chi connectivity index (χ1n) is 12.9. The van der Waals surface area contributed by atoms with Gasteiger partial charge in [0.2, 0.25) is 5.91 Å². The van der Waals surface area contributed by atoms with Gasteiger partial charge in [0, 0.05) is 4.88 Å². The summed E-state index contributed by atoms with van der Waals surface area (Å²) in [5.41, 5.74) is 1.54. The highest BCUT2D eigenvalue weighted by Crippen LogP contribution is 2.38. The Kier molecular flexibility index (Phi) is 10.2. The van der Waals surface area contributed by atoms with E-state index < -0.39 is 17.8 Å². The SMILES string of the molecule is CCOC(=O)c1c(NC(=O)C2CCCCC2C(=O)O)sc2c1CCCCCCCCCCC2. The van der Waals surface area contributed by atoms with Gasteiger partial charge in [0.25, 0.3) is 0 Å². The predicted molar refractivity (Wildman–Crippen MR) is 131 cm³/mol. The number of carboxylic acid groups (broad SMARTS) is 1. The fourth-order valence-corrected chi connectivity index (χ4v) is 6.54. The molecule has 2 aliphatic rings. The average Bonchev–Trinajstić information content (AvgIpc) is 3.14. The van der Waals surface area contributed by atoms with Crippen LogP contribution < -0.4 is 5.32 Å². The maximum atomic E-state index is 13.2. The van der Waals surface area contributed by atoms with Gasteiger partial charge >= 0.3 is 11.9 Å². The second-order valence-corrected chi connectivity index (χ2v) is 10.5. The third-order valence-electron chi connectivity index (χ3n) is 7.06. The summed E-state index contributed by atoms with van der Waals surface area (Å²) >= 11 is 1.49. The van der Waals surface area contributed by atoms with Gasteiger partial charge in [-0.15, -0.1) is 11.3 Å². The summed E-state index contributed by atoms with van der Waals surface area (Å²) in [6, 6.07) is 0. The van der Waals surface area contributed by atoms with Crippen LogP contribution in [0.15, 0.2) is 0 Å². The van der Waals surface area contributed by atoms with Gasteiger partial charge in [-0.2, -0.15) is 0 Å². The van der Waals surface area contributed by atoms with Crippen molar-refractivity contribution in [2.24, 2.45) is 11.8 Å². The Bertz CT molecular complexity index is 818. The van der Waals surface area contributed by atoms with Gasteiger partial charge in [-0.3, -0.25) is 9.59 Å². The van der Waals surface area contributed by atoms with E-state index in [9.17, 15) is 19.5 Å². The number of hydrogen-bond acceptors (Lipinski definition) is 5. The van der Waals surface area contributed by atoms with Crippen molar-refractivity contribution in [3.63, 3.8) is 0 Å². The van der Waals surface area contributed by atoms with Crippen LogP contribution in [-0.2, 0) is 27.2 Å². The smallest absolute Gasteiger partial charge is 0.341 e. The van der Waals surface area contributed by atoms with Crippen molar-refractivity contribution >= 4 is 34.2 Å². The molecule has 0 spiro atoms. The number of aryl methyl sites for hydroxylation is 1. The van der Waals surface area contributed by atoms with E-state index in [1.807, 2.05) is 0 Å². The van der Waals surface area contributed by atoms with Crippen LogP contribution >= 0.6 is 11.3 Å². The molecule has 0 aromatic carbocycles. The molecule has 1 saturated carbocycles. The lowest BCUT2D eigenvalue weighted by Gasteiger charge is -2.27. The lowest BCUT2D eigenvalue weighted by Crippen LogP contribution is -2.36. The maximum absolute atomic E-state index is 13.2. The molecule has 0 aliphatic heterocycles. The third-order valence-corrected chi connectivity index (χ3v) is 8.26. The molecule has 6 nitrogen and oxygen atoms in total. The fraction of sp³-hybridized carbons (Fsp3) is 0.731. The second kappa shape index (κ2) is 13.1. The lowest BCUT2D eigenvalue weighted by atomic mass is 9.78. The minimum atomic E-state index is -0.908. The standard InChI is InChI=1S/C26H39NO5S/c1-2-32-26(31)22-20-16-10-8-6-4-3-5-7-9-11-17-21(20)33-24(22)27-23(28)18-14-12-13-15-19(18)25(29)30/h18-19H,2-17H2,1H3,(H,27,28)(H,29,30). The quantitative estimate of drug-likeness (QED) is 0.481. The molecule has 2 N–H and O–H groups in total. The first-order valence-corrected chi connectivity index (χ1v) is 13.7. The Morgan fingerprint density at radius 3 is 2.06 bits per heavy atom. The molecule has 184 valence electrons. The van der Waals surface area contributed by atoms with Crippen LogP contribution in [0.1, 0.15) is 111 Å². The van der Waals surface area contributed by atoms with Crippen LogP contribution in [-0.4, -0.2) is 29.6 Å². The summed E-state index contributed by atoms with van der Waals surface area (Å²) in [5.74, 6) is -2.78. The maximum Gasteiger partial charge on any atom is 0.341 e. The van der Waals surface area contributed by atoms with Crippen molar-refractivity contribution in [3.8, 4) is 0 Å². The summed E-state index contributed by atoms with van der Waals surface area (Å²) in [5, 5.41) is 13.1. The Labute approximate surface area is 201 Å². The van der Waals surface area contributed by atoms with Gasteiger partial charge in [-0.25, -0.2) is 4.79 Å². The van der Waals surface area contributed by atoms with Gasteiger partial charge in [0.05, 0.1) is 24.0 Å². The highest BCUT2D eigenvalue weighted by Gasteiger charge is 2.37. The molecule has 0 bridgehead atoms. The van der Waals surface area contributed by atoms with Gasteiger partial charge in [0.15, 0.2) is 0 Å². The van der Waals surface area contributed by atoms with Crippen LogP contribution in [0.4, 0.5) is 5.00 Å². The number of carbonyl (C=O) groups is 3. The van der Waals surface area contributed by atoms with Crippen molar-refractivity contribution < 1.29 is 24.2 Å². The van der Waals surface area contributed by atoms with E-state index in [1.54, 1.807) is 6.92 Å². The van der Waals surface area contributed by atoms with Crippen LogP contribution in [0, 0.1) is 11.8 Å². The number of fused-ring (bicyclic) bond motifs is 1. The molecule has 0 radical (unpaired) electrons. The van der Waals surface area contributed by atoms with Crippen molar-refractivity contribution in [2.75, 3.05) is 11.9 Å². The number of carbonyl (C=O) groups excluding carboxylic acids is 2. The largest absolute Gasteiger partial charge is 0.481 e.